The van der Waals surface area contributed by atoms with Crippen LogP contribution in [0.3, 0.4) is 0 Å². The highest BCUT2D eigenvalue weighted by atomic mass is 79.9. The van der Waals surface area contributed by atoms with Gasteiger partial charge >= 0.3 is 0 Å². The first-order valence-electron chi connectivity index (χ1n) is 4.23. The number of hydrogen-bond donors (Lipinski definition) is 1. The Hall–Kier alpha value is -0.830. The van der Waals surface area contributed by atoms with Crippen LogP contribution in [0.25, 0.3) is 0 Å². The molecule has 0 aromatic heterocycles. The fraction of sp³-hybridized carbons (Fsp3) is 0.300. The van der Waals surface area contributed by atoms with Crippen molar-refractivity contribution >= 4 is 21.8 Å². The lowest BCUT2D eigenvalue weighted by molar-refractivity contribution is -0.119. The van der Waals surface area contributed by atoms with Crippen molar-refractivity contribution in [2.24, 2.45) is 11.7 Å². The standard InChI is InChI=1S/C10H10BrNO/c11-7-3-1-6(2-4-7)8-5-9(8)10(12)13/h1-4,8-9H,5H2,(H2,12,13). The number of carbonyl (C=O) groups is 1. The van der Waals surface area contributed by atoms with Crippen LogP contribution in [0.2, 0.25) is 0 Å². The second kappa shape index (κ2) is 3.14. The van der Waals surface area contributed by atoms with Gasteiger partial charge in [0.25, 0.3) is 0 Å². The van der Waals surface area contributed by atoms with Gasteiger partial charge in [-0.05, 0) is 30.0 Å². The molecule has 1 fully saturated rings. The third-order valence-electron chi connectivity index (χ3n) is 2.45. The molecule has 1 amide bonds. The summed E-state index contributed by atoms with van der Waals surface area (Å²) < 4.78 is 1.06. The molecule has 1 aromatic rings. The smallest absolute Gasteiger partial charge is 0.221 e. The van der Waals surface area contributed by atoms with Crippen LogP contribution in [0, 0.1) is 5.92 Å². The Labute approximate surface area is 85.3 Å². The summed E-state index contributed by atoms with van der Waals surface area (Å²) >= 11 is 3.37. The van der Waals surface area contributed by atoms with Crippen LogP contribution in [0.4, 0.5) is 0 Å². The largest absolute Gasteiger partial charge is 0.369 e. The van der Waals surface area contributed by atoms with E-state index in [9.17, 15) is 4.79 Å². The van der Waals surface area contributed by atoms with Gasteiger partial charge in [0.2, 0.25) is 5.91 Å². The van der Waals surface area contributed by atoms with E-state index in [4.69, 9.17) is 5.73 Å². The number of rotatable bonds is 2. The minimum Gasteiger partial charge on any atom is -0.369 e. The minimum absolute atomic E-state index is 0.0705. The summed E-state index contributed by atoms with van der Waals surface area (Å²) in [7, 11) is 0. The SMILES string of the molecule is NC(=O)C1CC1c1ccc(Br)cc1. The van der Waals surface area contributed by atoms with Gasteiger partial charge in [0.1, 0.15) is 0 Å². The molecule has 0 spiro atoms. The molecule has 2 unspecified atom stereocenters. The summed E-state index contributed by atoms with van der Waals surface area (Å²) in [4.78, 5) is 10.8. The number of nitrogens with two attached hydrogens (primary N) is 1. The van der Waals surface area contributed by atoms with E-state index in [1.54, 1.807) is 0 Å². The normalized spacial score (nSPS) is 25.6. The first-order chi connectivity index (χ1) is 6.18. The second-order valence-corrected chi connectivity index (χ2v) is 4.32. The van der Waals surface area contributed by atoms with Gasteiger partial charge in [-0.3, -0.25) is 4.79 Å². The van der Waals surface area contributed by atoms with E-state index in [0.717, 1.165) is 10.9 Å². The monoisotopic (exact) mass is 239 g/mol. The predicted octanol–water partition coefficient (Wildman–Crippen LogP) is 2.04. The van der Waals surface area contributed by atoms with Crippen LogP contribution in [-0.2, 0) is 4.79 Å². The maximum absolute atomic E-state index is 10.8. The third-order valence-corrected chi connectivity index (χ3v) is 2.98. The van der Waals surface area contributed by atoms with Crippen LogP contribution >= 0.6 is 15.9 Å². The maximum Gasteiger partial charge on any atom is 0.221 e. The average molecular weight is 240 g/mol. The van der Waals surface area contributed by atoms with Gasteiger partial charge in [-0.1, -0.05) is 28.1 Å². The topological polar surface area (TPSA) is 43.1 Å². The summed E-state index contributed by atoms with van der Waals surface area (Å²) in [5.74, 6) is 0.264. The fourth-order valence-corrected chi connectivity index (χ4v) is 1.85. The van der Waals surface area contributed by atoms with E-state index >= 15 is 0 Å². The Morgan fingerprint density at radius 3 is 2.46 bits per heavy atom. The van der Waals surface area contributed by atoms with Crippen molar-refractivity contribution in [2.45, 2.75) is 12.3 Å². The zero-order chi connectivity index (χ0) is 9.42. The van der Waals surface area contributed by atoms with Crippen molar-refractivity contribution in [3.8, 4) is 0 Å². The lowest BCUT2D eigenvalue weighted by Crippen LogP contribution is -2.13. The Kier molecular flexibility index (Phi) is 2.12. The minimum atomic E-state index is -0.173. The summed E-state index contributed by atoms with van der Waals surface area (Å²) in [5, 5.41) is 0. The van der Waals surface area contributed by atoms with E-state index in [2.05, 4.69) is 15.9 Å². The van der Waals surface area contributed by atoms with Crippen LogP contribution in [-0.4, -0.2) is 5.91 Å². The van der Waals surface area contributed by atoms with Gasteiger partial charge in [-0.25, -0.2) is 0 Å². The van der Waals surface area contributed by atoms with E-state index < -0.39 is 0 Å². The number of hydrogen-bond acceptors (Lipinski definition) is 1. The molecule has 1 aromatic carbocycles. The Balaban J connectivity index is 2.12. The molecular weight excluding hydrogens is 230 g/mol. The first-order valence-corrected chi connectivity index (χ1v) is 5.02. The van der Waals surface area contributed by atoms with Gasteiger partial charge in [-0.2, -0.15) is 0 Å². The zero-order valence-corrected chi connectivity index (χ0v) is 8.62. The zero-order valence-electron chi connectivity index (χ0n) is 7.03. The molecule has 0 saturated heterocycles. The maximum atomic E-state index is 10.8. The molecule has 13 heavy (non-hydrogen) atoms. The quantitative estimate of drug-likeness (QED) is 0.844. The highest BCUT2D eigenvalue weighted by molar-refractivity contribution is 9.10. The summed E-state index contributed by atoms with van der Waals surface area (Å²) in [6.07, 6.45) is 0.914. The van der Waals surface area contributed by atoms with Gasteiger partial charge in [0.15, 0.2) is 0 Å². The van der Waals surface area contributed by atoms with Crippen molar-refractivity contribution in [1.82, 2.24) is 0 Å². The van der Waals surface area contributed by atoms with Crippen molar-refractivity contribution in [3.05, 3.63) is 34.3 Å². The molecule has 0 bridgehead atoms. The van der Waals surface area contributed by atoms with Crippen molar-refractivity contribution in [1.29, 1.82) is 0 Å². The number of halogens is 1. The molecule has 0 aliphatic heterocycles. The number of carbonyl (C=O) groups excluding carboxylic acids is 1. The van der Waals surface area contributed by atoms with Crippen molar-refractivity contribution in [2.75, 3.05) is 0 Å². The molecule has 2 N–H and O–H groups in total. The van der Waals surface area contributed by atoms with Crippen molar-refractivity contribution < 1.29 is 4.79 Å². The third kappa shape index (κ3) is 1.75. The van der Waals surface area contributed by atoms with Gasteiger partial charge in [0, 0.05) is 10.4 Å². The summed E-state index contributed by atoms with van der Waals surface area (Å²) in [6.45, 7) is 0. The van der Waals surface area contributed by atoms with Gasteiger partial charge < -0.3 is 5.73 Å². The Bertz CT molecular complexity index is 333. The predicted molar refractivity (Wildman–Crippen MR) is 54.2 cm³/mol. The highest BCUT2D eigenvalue weighted by Crippen LogP contribution is 2.47. The average Bonchev–Trinajstić information content (AvgIpc) is 2.85. The van der Waals surface area contributed by atoms with Crippen molar-refractivity contribution in [3.63, 3.8) is 0 Å². The molecule has 68 valence electrons. The lowest BCUT2D eigenvalue weighted by Gasteiger charge is -1.98. The van der Waals surface area contributed by atoms with Crippen LogP contribution in [0.5, 0.6) is 0 Å². The Morgan fingerprint density at radius 2 is 2.00 bits per heavy atom. The van der Waals surface area contributed by atoms with Crippen LogP contribution < -0.4 is 5.73 Å². The molecule has 0 radical (unpaired) electrons. The molecule has 2 atom stereocenters. The van der Waals surface area contributed by atoms with E-state index in [0.29, 0.717) is 5.92 Å². The van der Waals surface area contributed by atoms with E-state index in [1.165, 1.54) is 5.56 Å². The summed E-state index contributed by atoms with van der Waals surface area (Å²) in [5.41, 5.74) is 6.42. The molecule has 2 rings (SSSR count). The van der Waals surface area contributed by atoms with Crippen LogP contribution in [0.15, 0.2) is 28.7 Å². The van der Waals surface area contributed by atoms with E-state index in [-0.39, 0.29) is 11.8 Å². The Morgan fingerprint density at radius 1 is 1.38 bits per heavy atom. The molecular formula is C10H10BrNO. The number of amides is 1. The molecule has 1 aliphatic rings. The molecule has 1 saturated carbocycles. The van der Waals surface area contributed by atoms with E-state index in [1.807, 2.05) is 24.3 Å². The second-order valence-electron chi connectivity index (χ2n) is 3.40. The fourth-order valence-electron chi connectivity index (χ4n) is 1.59. The highest BCUT2D eigenvalue weighted by Gasteiger charge is 2.42. The molecule has 0 heterocycles. The van der Waals surface area contributed by atoms with Crippen LogP contribution in [0.1, 0.15) is 17.9 Å². The lowest BCUT2D eigenvalue weighted by atomic mass is 10.1. The molecule has 2 nitrogen and oxygen atoms in total. The van der Waals surface area contributed by atoms with Gasteiger partial charge in [-0.15, -0.1) is 0 Å². The van der Waals surface area contributed by atoms with Gasteiger partial charge in [0.05, 0.1) is 0 Å². The number of benzene rings is 1. The summed E-state index contributed by atoms with van der Waals surface area (Å²) in [6, 6.07) is 8.06. The molecule has 3 heteroatoms. The molecule has 1 aliphatic carbocycles. The number of primary amides is 1. The first kappa shape index (κ1) is 8.75.